The minimum Gasteiger partial charge on any atom is -0.480 e. The molecule has 1 aromatic carbocycles. The predicted octanol–water partition coefficient (Wildman–Crippen LogP) is 2.56. The van der Waals surface area contributed by atoms with E-state index in [4.69, 9.17) is 5.11 Å². The van der Waals surface area contributed by atoms with Gasteiger partial charge in [0.2, 0.25) is 5.91 Å². The minimum absolute atomic E-state index is 0.0647. The SMILES string of the molecule is CCC(C)N(CC(=O)O)C(=O)Cc1ccc(C)c(C)c1. The molecule has 1 rings (SSSR count). The molecule has 1 atom stereocenters. The molecule has 1 amide bonds. The fraction of sp³-hybridized carbons (Fsp3) is 0.500. The molecule has 0 aliphatic rings. The Morgan fingerprint density at radius 2 is 1.90 bits per heavy atom. The summed E-state index contributed by atoms with van der Waals surface area (Å²) in [5.41, 5.74) is 3.26. The van der Waals surface area contributed by atoms with Crippen molar-refractivity contribution in [3.05, 3.63) is 34.9 Å². The zero-order valence-corrected chi connectivity index (χ0v) is 12.6. The lowest BCUT2D eigenvalue weighted by Gasteiger charge is -2.27. The summed E-state index contributed by atoms with van der Waals surface area (Å²) in [5.74, 6) is -1.11. The molecule has 0 radical (unpaired) electrons. The van der Waals surface area contributed by atoms with Crippen LogP contribution in [-0.2, 0) is 16.0 Å². The predicted molar refractivity (Wildman–Crippen MR) is 78.7 cm³/mol. The zero-order chi connectivity index (χ0) is 15.3. The molecular weight excluding hydrogens is 254 g/mol. The van der Waals surface area contributed by atoms with E-state index in [0.29, 0.717) is 0 Å². The maximum atomic E-state index is 12.3. The molecule has 110 valence electrons. The molecule has 4 heteroatoms. The van der Waals surface area contributed by atoms with Crippen LogP contribution in [0.2, 0.25) is 0 Å². The van der Waals surface area contributed by atoms with Gasteiger partial charge in [-0.2, -0.15) is 0 Å². The Balaban J connectivity index is 2.84. The van der Waals surface area contributed by atoms with Gasteiger partial charge in [-0.25, -0.2) is 0 Å². The van der Waals surface area contributed by atoms with Crippen LogP contribution in [0.4, 0.5) is 0 Å². The molecule has 4 nitrogen and oxygen atoms in total. The van der Waals surface area contributed by atoms with Crippen LogP contribution in [0.3, 0.4) is 0 Å². The van der Waals surface area contributed by atoms with Gasteiger partial charge in [0.05, 0.1) is 6.42 Å². The molecule has 1 aromatic rings. The number of carbonyl (C=O) groups excluding carboxylic acids is 1. The fourth-order valence-corrected chi connectivity index (χ4v) is 2.05. The lowest BCUT2D eigenvalue weighted by atomic mass is 10.0. The van der Waals surface area contributed by atoms with Gasteiger partial charge in [0, 0.05) is 6.04 Å². The summed E-state index contributed by atoms with van der Waals surface area (Å²) in [6, 6.07) is 5.84. The second-order valence-electron chi connectivity index (χ2n) is 5.27. The molecule has 0 saturated carbocycles. The second-order valence-corrected chi connectivity index (χ2v) is 5.27. The third-order valence-corrected chi connectivity index (χ3v) is 3.68. The maximum Gasteiger partial charge on any atom is 0.323 e. The lowest BCUT2D eigenvalue weighted by Crippen LogP contribution is -2.42. The van der Waals surface area contributed by atoms with Gasteiger partial charge in [-0.1, -0.05) is 25.1 Å². The Morgan fingerprint density at radius 3 is 2.40 bits per heavy atom. The average molecular weight is 277 g/mol. The van der Waals surface area contributed by atoms with E-state index >= 15 is 0 Å². The van der Waals surface area contributed by atoms with Crippen molar-refractivity contribution < 1.29 is 14.7 Å². The quantitative estimate of drug-likeness (QED) is 0.869. The third kappa shape index (κ3) is 4.37. The number of amides is 1. The van der Waals surface area contributed by atoms with Gasteiger partial charge in [-0.15, -0.1) is 0 Å². The molecule has 0 aliphatic carbocycles. The molecule has 0 aliphatic heterocycles. The zero-order valence-electron chi connectivity index (χ0n) is 12.6. The van der Waals surface area contributed by atoms with Crippen LogP contribution in [0.25, 0.3) is 0 Å². The van der Waals surface area contributed by atoms with Crippen molar-refractivity contribution in [2.75, 3.05) is 6.54 Å². The van der Waals surface area contributed by atoms with Gasteiger partial charge in [0.15, 0.2) is 0 Å². The van der Waals surface area contributed by atoms with E-state index in [1.807, 2.05) is 45.9 Å². The van der Waals surface area contributed by atoms with Crippen molar-refractivity contribution in [3.8, 4) is 0 Å². The van der Waals surface area contributed by atoms with Crippen molar-refractivity contribution in [2.24, 2.45) is 0 Å². The first kappa shape index (κ1) is 16.2. The summed E-state index contributed by atoms with van der Waals surface area (Å²) < 4.78 is 0. The molecule has 0 saturated heterocycles. The van der Waals surface area contributed by atoms with Crippen molar-refractivity contribution in [1.82, 2.24) is 4.90 Å². The van der Waals surface area contributed by atoms with Gasteiger partial charge >= 0.3 is 5.97 Å². The van der Waals surface area contributed by atoms with Crippen molar-refractivity contribution in [3.63, 3.8) is 0 Å². The second kappa shape index (κ2) is 7.08. The largest absolute Gasteiger partial charge is 0.480 e. The number of aryl methyl sites for hydroxylation is 2. The Kier molecular flexibility index (Phi) is 5.74. The molecule has 0 heterocycles. The number of hydrogen-bond acceptors (Lipinski definition) is 2. The summed E-state index contributed by atoms with van der Waals surface area (Å²) in [5, 5.41) is 8.93. The Labute approximate surface area is 120 Å². The smallest absolute Gasteiger partial charge is 0.323 e. The number of carbonyl (C=O) groups is 2. The van der Waals surface area contributed by atoms with E-state index in [-0.39, 0.29) is 24.9 Å². The monoisotopic (exact) mass is 277 g/mol. The van der Waals surface area contributed by atoms with Crippen LogP contribution in [0.5, 0.6) is 0 Å². The van der Waals surface area contributed by atoms with Crippen molar-refractivity contribution in [2.45, 2.75) is 46.6 Å². The number of nitrogens with zero attached hydrogens (tertiary/aromatic N) is 1. The number of aliphatic carboxylic acids is 1. The van der Waals surface area contributed by atoms with E-state index in [1.54, 1.807) is 0 Å². The minimum atomic E-state index is -0.973. The van der Waals surface area contributed by atoms with Crippen LogP contribution in [0, 0.1) is 13.8 Å². The molecule has 0 spiro atoms. The third-order valence-electron chi connectivity index (χ3n) is 3.68. The van der Waals surface area contributed by atoms with Gasteiger partial charge in [0.1, 0.15) is 6.54 Å². The van der Waals surface area contributed by atoms with Crippen molar-refractivity contribution in [1.29, 1.82) is 0 Å². The van der Waals surface area contributed by atoms with Gasteiger partial charge < -0.3 is 10.0 Å². The number of carboxylic acid groups (broad SMARTS) is 1. The first-order valence-electron chi connectivity index (χ1n) is 6.92. The highest BCUT2D eigenvalue weighted by atomic mass is 16.4. The van der Waals surface area contributed by atoms with Crippen LogP contribution >= 0.6 is 0 Å². The number of carboxylic acids is 1. The summed E-state index contributed by atoms with van der Waals surface area (Å²) in [6.45, 7) is 7.62. The van der Waals surface area contributed by atoms with E-state index in [2.05, 4.69) is 0 Å². The van der Waals surface area contributed by atoms with Gasteiger partial charge in [-0.05, 0) is 43.9 Å². The first-order chi connectivity index (χ1) is 9.35. The standard InChI is InChI=1S/C16H23NO3/c1-5-13(4)17(10-16(19)20)15(18)9-14-7-6-11(2)12(3)8-14/h6-8,13H,5,9-10H2,1-4H3,(H,19,20). The summed E-state index contributed by atoms with van der Waals surface area (Å²) in [6.07, 6.45) is 0.991. The first-order valence-corrected chi connectivity index (χ1v) is 6.92. The Hall–Kier alpha value is -1.84. The molecular formula is C16H23NO3. The highest BCUT2D eigenvalue weighted by Crippen LogP contribution is 2.13. The molecule has 0 fully saturated rings. The Morgan fingerprint density at radius 1 is 1.25 bits per heavy atom. The van der Waals surface area contributed by atoms with Gasteiger partial charge in [-0.3, -0.25) is 9.59 Å². The lowest BCUT2D eigenvalue weighted by molar-refractivity contribution is -0.145. The Bertz CT molecular complexity index is 496. The number of benzene rings is 1. The normalized spacial score (nSPS) is 12.0. The van der Waals surface area contributed by atoms with E-state index in [9.17, 15) is 9.59 Å². The average Bonchev–Trinajstić information content (AvgIpc) is 2.39. The highest BCUT2D eigenvalue weighted by Gasteiger charge is 2.21. The summed E-state index contributed by atoms with van der Waals surface area (Å²) >= 11 is 0. The van der Waals surface area contributed by atoms with E-state index < -0.39 is 5.97 Å². The molecule has 1 unspecified atom stereocenters. The summed E-state index contributed by atoms with van der Waals surface area (Å²) in [7, 11) is 0. The van der Waals surface area contributed by atoms with Crippen LogP contribution in [0.1, 0.15) is 37.0 Å². The summed E-state index contributed by atoms with van der Waals surface area (Å²) in [4.78, 5) is 24.6. The number of hydrogen-bond donors (Lipinski definition) is 1. The van der Waals surface area contributed by atoms with E-state index in [0.717, 1.165) is 17.5 Å². The molecule has 1 N–H and O–H groups in total. The van der Waals surface area contributed by atoms with Crippen LogP contribution in [0.15, 0.2) is 18.2 Å². The van der Waals surface area contributed by atoms with E-state index in [1.165, 1.54) is 10.5 Å². The van der Waals surface area contributed by atoms with Crippen molar-refractivity contribution >= 4 is 11.9 Å². The van der Waals surface area contributed by atoms with Gasteiger partial charge in [0.25, 0.3) is 0 Å². The van der Waals surface area contributed by atoms with Crippen LogP contribution < -0.4 is 0 Å². The number of rotatable bonds is 6. The molecule has 20 heavy (non-hydrogen) atoms. The van der Waals surface area contributed by atoms with Crippen LogP contribution in [-0.4, -0.2) is 34.5 Å². The highest BCUT2D eigenvalue weighted by molar-refractivity contribution is 5.83. The topological polar surface area (TPSA) is 57.6 Å². The fourth-order valence-electron chi connectivity index (χ4n) is 2.05. The maximum absolute atomic E-state index is 12.3. The molecule has 0 aromatic heterocycles. The molecule has 0 bridgehead atoms.